The molecule has 1 aliphatic carbocycles. The Balaban J connectivity index is 1.41. The summed E-state index contributed by atoms with van der Waals surface area (Å²) < 4.78 is 1.69. The number of nitrogens with zero attached hydrogens (tertiary/aromatic N) is 5. The van der Waals surface area contributed by atoms with Gasteiger partial charge in [0.15, 0.2) is 0 Å². The fourth-order valence-corrected chi connectivity index (χ4v) is 4.06. The number of hydrogen-bond acceptors (Lipinski definition) is 5. The molecular formula is C22H26N6O2. The number of amides is 2. The molecule has 8 heteroatoms. The Morgan fingerprint density at radius 1 is 1.10 bits per heavy atom. The van der Waals surface area contributed by atoms with Gasteiger partial charge in [0.2, 0.25) is 5.91 Å². The fraction of sp³-hybridized carbons (Fsp3) is 0.409. The Kier molecular flexibility index (Phi) is 5.48. The number of nitrogens with one attached hydrogen (secondary N) is 1. The first kappa shape index (κ1) is 20.0. The molecule has 3 aromatic rings. The Labute approximate surface area is 175 Å². The molecule has 2 amide bonds. The van der Waals surface area contributed by atoms with E-state index in [4.69, 9.17) is 0 Å². The minimum absolute atomic E-state index is 0.0832. The van der Waals surface area contributed by atoms with Crippen molar-refractivity contribution in [2.24, 2.45) is 0 Å². The second-order valence-electron chi connectivity index (χ2n) is 7.89. The van der Waals surface area contributed by atoms with Crippen molar-refractivity contribution in [2.45, 2.75) is 51.6 Å². The van der Waals surface area contributed by atoms with Gasteiger partial charge in [0.05, 0.1) is 16.8 Å². The minimum atomic E-state index is -0.175. The summed E-state index contributed by atoms with van der Waals surface area (Å²) in [5, 5.41) is 8.65. The number of benzene rings is 1. The number of fused-ring (bicyclic) bond motifs is 1. The van der Waals surface area contributed by atoms with E-state index in [1.807, 2.05) is 38.2 Å². The van der Waals surface area contributed by atoms with Crippen molar-refractivity contribution < 1.29 is 9.59 Å². The number of carbonyl (C=O) groups is 2. The summed E-state index contributed by atoms with van der Waals surface area (Å²) in [6.45, 7) is 3.54. The molecule has 0 aliphatic heterocycles. The fourth-order valence-electron chi connectivity index (χ4n) is 4.06. The summed E-state index contributed by atoms with van der Waals surface area (Å²) >= 11 is 0. The maximum absolute atomic E-state index is 12.6. The zero-order chi connectivity index (χ0) is 21.3. The molecule has 4 rings (SSSR count). The normalized spacial score (nSPS) is 18.9. The molecule has 0 unspecified atom stereocenters. The van der Waals surface area contributed by atoms with Crippen molar-refractivity contribution in [1.82, 2.24) is 30.0 Å². The van der Waals surface area contributed by atoms with Crippen molar-refractivity contribution in [2.75, 3.05) is 7.05 Å². The number of aryl methyl sites for hydroxylation is 1. The topological polar surface area (TPSA) is 93.0 Å². The van der Waals surface area contributed by atoms with Gasteiger partial charge in [-0.15, -0.1) is 0 Å². The summed E-state index contributed by atoms with van der Waals surface area (Å²) in [7, 11) is 1.84. The SMILES string of the molecule is CC(=O)N(C)C1CCC(NC(=O)c2cnc(-n3nc(C)c4ccccc43)nc2)CC1. The molecule has 1 saturated carbocycles. The lowest BCUT2D eigenvalue weighted by Crippen LogP contribution is -2.44. The Hall–Kier alpha value is -3.29. The smallest absolute Gasteiger partial charge is 0.254 e. The highest BCUT2D eigenvalue weighted by Gasteiger charge is 2.26. The molecule has 8 nitrogen and oxygen atoms in total. The average Bonchev–Trinajstić information content (AvgIpc) is 3.10. The zero-order valence-electron chi connectivity index (χ0n) is 17.5. The van der Waals surface area contributed by atoms with Crippen LogP contribution in [0, 0.1) is 6.92 Å². The second-order valence-corrected chi connectivity index (χ2v) is 7.89. The van der Waals surface area contributed by atoms with Gasteiger partial charge in [0, 0.05) is 43.8 Å². The van der Waals surface area contributed by atoms with E-state index in [0.717, 1.165) is 42.3 Å². The van der Waals surface area contributed by atoms with Crippen LogP contribution in [0.25, 0.3) is 16.9 Å². The van der Waals surface area contributed by atoms with E-state index in [1.54, 1.807) is 28.9 Å². The summed E-state index contributed by atoms with van der Waals surface area (Å²) in [4.78, 5) is 34.7. The van der Waals surface area contributed by atoms with Gasteiger partial charge >= 0.3 is 0 Å². The van der Waals surface area contributed by atoms with E-state index in [2.05, 4.69) is 20.4 Å². The van der Waals surface area contributed by atoms with Gasteiger partial charge in [-0.3, -0.25) is 9.59 Å². The van der Waals surface area contributed by atoms with Crippen molar-refractivity contribution in [1.29, 1.82) is 0 Å². The van der Waals surface area contributed by atoms with E-state index >= 15 is 0 Å². The van der Waals surface area contributed by atoms with Crippen molar-refractivity contribution in [3.8, 4) is 5.95 Å². The third-order valence-electron chi connectivity index (χ3n) is 5.94. The van der Waals surface area contributed by atoms with Crippen LogP contribution < -0.4 is 5.32 Å². The summed E-state index contributed by atoms with van der Waals surface area (Å²) in [5.74, 6) is 0.343. The quantitative estimate of drug-likeness (QED) is 0.719. The van der Waals surface area contributed by atoms with Gasteiger partial charge < -0.3 is 10.2 Å². The average molecular weight is 406 g/mol. The summed E-state index contributed by atoms with van der Waals surface area (Å²) in [5.41, 5.74) is 2.26. The van der Waals surface area contributed by atoms with E-state index in [-0.39, 0.29) is 23.9 Å². The summed E-state index contributed by atoms with van der Waals surface area (Å²) in [6, 6.07) is 8.27. The van der Waals surface area contributed by atoms with E-state index in [9.17, 15) is 9.59 Å². The van der Waals surface area contributed by atoms with Crippen LogP contribution in [0.2, 0.25) is 0 Å². The molecule has 1 aromatic carbocycles. The highest BCUT2D eigenvalue weighted by Crippen LogP contribution is 2.23. The van der Waals surface area contributed by atoms with E-state index in [0.29, 0.717) is 11.5 Å². The second kappa shape index (κ2) is 8.22. The van der Waals surface area contributed by atoms with Gasteiger partial charge in [0.25, 0.3) is 11.9 Å². The number of carbonyl (C=O) groups excluding carboxylic acids is 2. The predicted molar refractivity (Wildman–Crippen MR) is 113 cm³/mol. The molecule has 30 heavy (non-hydrogen) atoms. The molecule has 0 saturated heterocycles. The van der Waals surface area contributed by atoms with Crippen molar-refractivity contribution in [3.63, 3.8) is 0 Å². The first-order chi connectivity index (χ1) is 14.4. The van der Waals surface area contributed by atoms with Gasteiger partial charge in [-0.05, 0) is 38.7 Å². The molecule has 0 spiro atoms. The van der Waals surface area contributed by atoms with Crippen LogP contribution in [-0.2, 0) is 4.79 Å². The molecule has 0 atom stereocenters. The van der Waals surface area contributed by atoms with E-state index in [1.165, 1.54) is 0 Å². The van der Waals surface area contributed by atoms with Crippen LogP contribution in [0.4, 0.5) is 0 Å². The zero-order valence-corrected chi connectivity index (χ0v) is 17.5. The van der Waals surface area contributed by atoms with Gasteiger partial charge in [-0.1, -0.05) is 18.2 Å². The number of para-hydroxylation sites is 1. The number of rotatable bonds is 4. The lowest BCUT2D eigenvalue weighted by atomic mass is 9.90. The highest BCUT2D eigenvalue weighted by molar-refractivity contribution is 5.93. The van der Waals surface area contributed by atoms with Crippen LogP contribution in [-0.4, -0.2) is 55.6 Å². The number of aromatic nitrogens is 4. The molecule has 1 N–H and O–H groups in total. The Morgan fingerprint density at radius 3 is 2.43 bits per heavy atom. The maximum Gasteiger partial charge on any atom is 0.254 e. The van der Waals surface area contributed by atoms with Gasteiger partial charge in [-0.25, -0.2) is 9.97 Å². The van der Waals surface area contributed by atoms with Gasteiger partial charge in [0.1, 0.15) is 0 Å². The molecule has 1 aliphatic rings. The molecule has 0 bridgehead atoms. The van der Waals surface area contributed by atoms with Crippen LogP contribution in [0.5, 0.6) is 0 Å². The van der Waals surface area contributed by atoms with Gasteiger partial charge in [-0.2, -0.15) is 9.78 Å². The molecule has 0 radical (unpaired) electrons. The third kappa shape index (κ3) is 3.90. The number of hydrogen-bond donors (Lipinski definition) is 1. The summed E-state index contributed by atoms with van der Waals surface area (Å²) in [6.07, 6.45) is 6.57. The molecule has 2 heterocycles. The van der Waals surface area contributed by atoms with Crippen molar-refractivity contribution >= 4 is 22.7 Å². The molecular weight excluding hydrogens is 380 g/mol. The maximum atomic E-state index is 12.6. The van der Waals surface area contributed by atoms with Crippen LogP contribution in [0.3, 0.4) is 0 Å². The first-order valence-electron chi connectivity index (χ1n) is 10.2. The Morgan fingerprint density at radius 2 is 1.77 bits per heavy atom. The molecule has 1 fully saturated rings. The Bertz CT molecular complexity index is 1070. The van der Waals surface area contributed by atoms with E-state index < -0.39 is 0 Å². The lowest BCUT2D eigenvalue weighted by Gasteiger charge is -2.34. The predicted octanol–water partition coefficient (Wildman–Crippen LogP) is 2.64. The van der Waals surface area contributed by atoms with Crippen LogP contribution in [0.1, 0.15) is 48.7 Å². The van der Waals surface area contributed by atoms with Crippen LogP contribution >= 0.6 is 0 Å². The lowest BCUT2D eigenvalue weighted by molar-refractivity contribution is -0.130. The third-order valence-corrected chi connectivity index (χ3v) is 5.94. The monoisotopic (exact) mass is 406 g/mol. The molecule has 156 valence electrons. The molecule has 2 aromatic heterocycles. The minimum Gasteiger partial charge on any atom is -0.349 e. The highest BCUT2D eigenvalue weighted by atomic mass is 16.2. The standard InChI is InChI=1S/C22H26N6O2/c1-14-19-6-4-5-7-20(19)28(26-14)22-23-12-16(13-24-22)21(30)25-17-8-10-18(11-9-17)27(3)15(2)29/h4-7,12-13,17-18H,8-11H2,1-3H3,(H,25,30). The van der Waals surface area contributed by atoms with Crippen molar-refractivity contribution in [3.05, 3.63) is 47.9 Å². The largest absolute Gasteiger partial charge is 0.349 e. The first-order valence-corrected chi connectivity index (χ1v) is 10.2. The van der Waals surface area contributed by atoms with Crippen LogP contribution in [0.15, 0.2) is 36.7 Å².